The van der Waals surface area contributed by atoms with E-state index in [1.54, 1.807) is 22.9 Å². The standard InChI is InChI=1S/C9H11NO3S/c1-2-9-5-3-4-6-10(9)7-8-14(11,12)13/h2-6H,1,7-8H2/p+1. The molecule has 0 saturated heterocycles. The molecule has 0 saturated carbocycles. The first-order valence-corrected chi connectivity index (χ1v) is 5.70. The van der Waals surface area contributed by atoms with Crippen LogP contribution in [-0.4, -0.2) is 18.7 Å². The molecule has 0 atom stereocenters. The molecule has 0 fully saturated rings. The van der Waals surface area contributed by atoms with E-state index in [1.807, 2.05) is 12.1 Å². The van der Waals surface area contributed by atoms with Gasteiger partial charge in [0.2, 0.25) is 5.69 Å². The van der Waals surface area contributed by atoms with Crippen molar-refractivity contribution < 1.29 is 17.5 Å². The summed E-state index contributed by atoms with van der Waals surface area (Å²) in [5.41, 5.74) is 0.816. The summed E-state index contributed by atoms with van der Waals surface area (Å²) in [7, 11) is -3.90. The zero-order valence-electron chi connectivity index (χ0n) is 7.63. The van der Waals surface area contributed by atoms with Crippen molar-refractivity contribution in [2.75, 3.05) is 5.75 Å². The minimum atomic E-state index is -3.90. The molecular weight excluding hydrogens is 202 g/mol. The van der Waals surface area contributed by atoms with E-state index < -0.39 is 10.1 Å². The van der Waals surface area contributed by atoms with Crippen LogP contribution in [0.5, 0.6) is 0 Å². The topological polar surface area (TPSA) is 58.2 Å². The molecule has 4 nitrogen and oxygen atoms in total. The van der Waals surface area contributed by atoms with Gasteiger partial charge in [-0.15, -0.1) is 0 Å². The summed E-state index contributed by atoms with van der Waals surface area (Å²) in [6.45, 7) is 3.83. The van der Waals surface area contributed by atoms with Crippen molar-refractivity contribution in [3.63, 3.8) is 0 Å². The van der Waals surface area contributed by atoms with Crippen molar-refractivity contribution in [2.24, 2.45) is 0 Å². The third-order valence-corrected chi connectivity index (χ3v) is 2.47. The number of nitrogens with zero attached hydrogens (tertiary/aromatic N) is 1. The summed E-state index contributed by atoms with van der Waals surface area (Å²) in [4.78, 5) is 0. The second-order valence-corrected chi connectivity index (χ2v) is 4.38. The number of aryl methyl sites for hydroxylation is 1. The molecule has 1 aromatic heterocycles. The lowest BCUT2D eigenvalue weighted by atomic mass is 10.3. The van der Waals surface area contributed by atoms with E-state index in [9.17, 15) is 8.42 Å². The van der Waals surface area contributed by atoms with Gasteiger partial charge in [-0.2, -0.15) is 13.0 Å². The Labute approximate surface area is 83.3 Å². The second-order valence-electron chi connectivity index (χ2n) is 2.81. The Balaban J connectivity index is 2.81. The van der Waals surface area contributed by atoms with Gasteiger partial charge in [0.1, 0.15) is 5.75 Å². The maximum absolute atomic E-state index is 10.5. The highest BCUT2D eigenvalue weighted by atomic mass is 32.2. The smallest absolute Gasteiger partial charge is 0.271 e. The van der Waals surface area contributed by atoms with Crippen LogP contribution in [0.25, 0.3) is 6.08 Å². The SMILES string of the molecule is C=Cc1cccc[n+]1CCS(=O)(=O)O. The quantitative estimate of drug-likeness (QED) is 0.586. The van der Waals surface area contributed by atoms with Crippen LogP contribution in [0.15, 0.2) is 31.0 Å². The van der Waals surface area contributed by atoms with Gasteiger partial charge in [0.05, 0.1) is 0 Å². The van der Waals surface area contributed by atoms with Gasteiger partial charge in [-0.25, -0.2) is 0 Å². The highest BCUT2D eigenvalue weighted by molar-refractivity contribution is 7.85. The molecule has 1 rings (SSSR count). The molecule has 76 valence electrons. The van der Waals surface area contributed by atoms with Gasteiger partial charge in [0.25, 0.3) is 10.1 Å². The van der Waals surface area contributed by atoms with Crippen molar-refractivity contribution in [3.05, 3.63) is 36.7 Å². The van der Waals surface area contributed by atoms with Gasteiger partial charge in [-0.3, -0.25) is 4.55 Å². The van der Waals surface area contributed by atoms with Crippen molar-refractivity contribution in [2.45, 2.75) is 6.54 Å². The van der Waals surface area contributed by atoms with Gasteiger partial charge in [0.15, 0.2) is 12.7 Å². The van der Waals surface area contributed by atoms with Crippen LogP contribution >= 0.6 is 0 Å². The zero-order valence-corrected chi connectivity index (χ0v) is 8.44. The van der Waals surface area contributed by atoms with Gasteiger partial charge in [-0.1, -0.05) is 6.58 Å². The lowest BCUT2D eigenvalue weighted by Gasteiger charge is -1.98. The van der Waals surface area contributed by atoms with E-state index in [2.05, 4.69) is 6.58 Å². The summed E-state index contributed by atoms with van der Waals surface area (Å²) in [5, 5.41) is 0. The monoisotopic (exact) mass is 214 g/mol. The Hall–Kier alpha value is -1.20. The van der Waals surface area contributed by atoms with Crippen molar-refractivity contribution >= 4 is 16.2 Å². The van der Waals surface area contributed by atoms with Crippen molar-refractivity contribution in [1.82, 2.24) is 0 Å². The maximum atomic E-state index is 10.5. The molecular formula is C9H12NO3S+. The fourth-order valence-corrected chi connectivity index (χ4v) is 1.52. The zero-order chi connectivity index (χ0) is 10.6. The molecule has 0 aromatic carbocycles. The molecule has 5 heteroatoms. The Morgan fingerprint density at radius 2 is 2.21 bits per heavy atom. The first-order chi connectivity index (χ1) is 6.53. The number of pyridine rings is 1. The predicted octanol–water partition coefficient (Wildman–Crippen LogP) is 0.505. The number of rotatable bonds is 4. The first kappa shape index (κ1) is 10.9. The van der Waals surface area contributed by atoms with Crippen molar-refractivity contribution in [3.8, 4) is 0 Å². The van der Waals surface area contributed by atoms with Crippen LogP contribution < -0.4 is 4.57 Å². The average molecular weight is 214 g/mol. The molecule has 0 amide bonds. The van der Waals surface area contributed by atoms with E-state index in [0.717, 1.165) is 5.69 Å². The molecule has 0 aliphatic rings. The Morgan fingerprint density at radius 3 is 2.79 bits per heavy atom. The van der Waals surface area contributed by atoms with Crippen LogP contribution in [0.4, 0.5) is 0 Å². The van der Waals surface area contributed by atoms with E-state index >= 15 is 0 Å². The van der Waals surface area contributed by atoms with Gasteiger partial charge in [0, 0.05) is 18.2 Å². The molecule has 0 aliphatic carbocycles. The largest absolute Gasteiger partial charge is 0.285 e. The van der Waals surface area contributed by atoms with E-state index in [1.165, 1.54) is 0 Å². The number of hydrogen-bond donors (Lipinski definition) is 1. The molecule has 0 bridgehead atoms. The highest BCUT2D eigenvalue weighted by Gasteiger charge is 2.11. The van der Waals surface area contributed by atoms with E-state index in [4.69, 9.17) is 4.55 Å². The van der Waals surface area contributed by atoms with E-state index in [0.29, 0.717) is 0 Å². The Bertz CT molecular complexity index is 425. The predicted molar refractivity (Wildman–Crippen MR) is 53.1 cm³/mol. The van der Waals surface area contributed by atoms with Crippen LogP contribution in [-0.2, 0) is 16.7 Å². The minimum absolute atomic E-state index is 0.223. The molecule has 0 radical (unpaired) electrons. The average Bonchev–Trinajstić information content (AvgIpc) is 2.14. The number of aromatic nitrogens is 1. The van der Waals surface area contributed by atoms with Gasteiger partial charge >= 0.3 is 0 Å². The molecule has 0 spiro atoms. The normalized spacial score (nSPS) is 11.2. The lowest BCUT2D eigenvalue weighted by molar-refractivity contribution is -0.694. The Kier molecular flexibility index (Phi) is 3.38. The molecule has 0 unspecified atom stereocenters. The molecule has 0 aliphatic heterocycles. The van der Waals surface area contributed by atoms with Crippen LogP contribution in [0, 0.1) is 0 Å². The summed E-state index contributed by atoms with van der Waals surface area (Å²) in [5.74, 6) is -0.289. The number of hydrogen-bond acceptors (Lipinski definition) is 2. The highest BCUT2D eigenvalue weighted by Crippen LogP contribution is 1.93. The fourth-order valence-electron chi connectivity index (χ4n) is 1.09. The first-order valence-electron chi connectivity index (χ1n) is 4.09. The lowest BCUT2D eigenvalue weighted by Crippen LogP contribution is -2.39. The summed E-state index contributed by atoms with van der Waals surface area (Å²) in [6.07, 6.45) is 3.37. The molecule has 14 heavy (non-hydrogen) atoms. The third-order valence-electron chi connectivity index (χ3n) is 1.78. The summed E-state index contributed by atoms with van der Waals surface area (Å²) in [6, 6.07) is 5.44. The van der Waals surface area contributed by atoms with Gasteiger partial charge in [-0.05, 0) is 6.07 Å². The van der Waals surface area contributed by atoms with Crippen LogP contribution in [0.1, 0.15) is 5.69 Å². The van der Waals surface area contributed by atoms with Gasteiger partial charge < -0.3 is 0 Å². The third kappa shape index (κ3) is 3.27. The fraction of sp³-hybridized carbons (Fsp3) is 0.222. The molecule has 1 heterocycles. The molecule has 1 N–H and O–H groups in total. The summed E-state index contributed by atoms with van der Waals surface area (Å²) >= 11 is 0. The Morgan fingerprint density at radius 1 is 1.50 bits per heavy atom. The molecule has 1 aromatic rings. The van der Waals surface area contributed by atoms with Crippen LogP contribution in [0.3, 0.4) is 0 Å². The van der Waals surface area contributed by atoms with Crippen LogP contribution in [0.2, 0.25) is 0 Å². The van der Waals surface area contributed by atoms with E-state index in [-0.39, 0.29) is 12.3 Å². The summed E-state index contributed by atoms with van der Waals surface area (Å²) < 4.78 is 31.3. The van der Waals surface area contributed by atoms with Crippen molar-refractivity contribution in [1.29, 1.82) is 0 Å². The second kappa shape index (κ2) is 4.34. The maximum Gasteiger partial charge on any atom is 0.271 e. The minimum Gasteiger partial charge on any atom is -0.285 e.